The van der Waals surface area contributed by atoms with Gasteiger partial charge in [-0.05, 0) is 51.1 Å². The van der Waals surface area contributed by atoms with Crippen molar-refractivity contribution in [1.82, 2.24) is 9.78 Å². The molecule has 1 aromatic heterocycles. The van der Waals surface area contributed by atoms with Gasteiger partial charge in [-0.3, -0.25) is 9.48 Å². The summed E-state index contributed by atoms with van der Waals surface area (Å²) < 4.78 is 1.25. The molecule has 1 amide bonds. The van der Waals surface area contributed by atoms with Crippen LogP contribution in [0.2, 0.25) is 0 Å². The number of carbonyl (C=O) groups excluding carboxylic acids is 1. The number of benzene rings is 1. The zero-order chi connectivity index (χ0) is 17.7. The molecule has 0 aliphatic rings. The van der Waals surface area contributed by atoms with E-state index in [2.05, 4.69) is 29.2 Å². The molecule has 2 aromatic rings. The van der Waals surface area contributed by atoms with Crippen molar-refractivity contribution in [3.05, 3.63) is 42.2 Å². The fourth-order valence-corrected chi connectivity index (χ4v) is 2.33. The molecule has 1 aromatic carbocycles. The highest BCUT2D eigenvalue weighted by Gasteiger charge is 2.17. The number of anilines is 2. The SMILES string of the molecule is CCN(CC)c1ccc(NC(=O)c2ccn(C(C)C(=O)O)n2)cc1. The first kappa shape index (κ1) is 17.5. The van der Waals surface area contributed by atoms with Crippen molar-refractivity contribution in [3.63, 3.8) is 0 Å². The Morgan fingerprint density at radius 2 is 1.83 bits per heavy atom. The second kappa shape index (κ2) is 7.63. The number of aromatic nitrogens is 2. The Morgan fingerprint density at radius 3 is 2.38 bits per heavy atom. The van der Waals surface area contributed by atoms with Crippen molar-refractivity contribution >= 4 is 23.3 Å². The van der Waals surface area contributed by atoms with E-state index in [9.17, 15) is 9.59 Å². The van der Waals surface area contributed by atoms with Gasteiger partial charge in [0.05, 0.1) is 0 Å². The van der Waals surface area contributed by atoms with Crippen molar-refractivity contribution < 1.29 is 14.7 Å². The van der Waals surface area contributed by atoms with Crippen molar-refractivity contribution in [2.75, 3.05) is 23.3 Å². The fourth-order valence-electron chi connectivity index (χ4n) is 2.33. The van der Waals surface area contributed by atoms with Crippen LogP contribution < -0.4 is 10.2 Å². The van der Waals surface area contributed by atoms with Crippen LogP contribution in [0.4, 0.5) is 11.4 Å². The molecule has 0 radical (unpaired) electrons. The second-order valence-electron chi connectivity index (χ2n) is 5.37. The molecule has 0 saturated carbocycles. The standard InChI is InChI=1S/C17H22N4O3/c1-4-20(5-2)14-8-6-13(7-9-14)18-16(22)15-10-11-21(19-15)12(3)17(23)24/h6-12H,4-5H2,1-3H3,(H,18,22)(H,23,24). The summed E-state index contributed by atoms with van der Waals surface area (Å²) in [5.41, 5.74) is 1.94. The van der Waals surface area contributed by atoms with Crippen LogP contribution in [0, 0.1) is 0 Å². The number of nitrogens with zero attached hydrogens (tertiary/aromatic N) is 3. The van der Waals surface area contributed by atoms with Crippen LogP contribution in [0.5, 0.6) is 0 Å². The maximum absolute atomic E-state index is 12.2. The number of hydrogen-bond acceptors (Lipinski definition) is 4. The summed E-state index contributed by atoms with van der Waals surface area (Å²) in [7, 11) is 0. The van der Waals surface area contributed by atoms with E-state index in [-0.39, 0.29) is 11.6 Å². The van der Waals surface area contributed by atoms with Crippen molar-refractivity contribution in [1.29, 1.82) is 0 Å². The summed E-state index contributed by atoms with van der Waals surface area (Å²) >= 11 is 0. The van der Waals surface area contributed by atoms with Gasteiger partial charge in [0.25, 0.3) is 5.91 Å². The summed E-state index contributed by atoms with van der Waals surface area (Å²) in [5, 5.41) is 15.7. The number of hydrogen-bond donors (Lipinski definition) is 2. The van der Waals surface area contributed by atoms with Gasteiger partial charge in [-0.2, -0.15) is 5.10 Å². The average Bonchev–Trinajstić information content (AvgIpc) is 3.06. The van der Waals surface area contributed by atoms with Gasteiger partial charge in [0.2, 0.25) is 0 Å². The van der Waals surface area contributed by atoms with Gasteiger partial charge in [-0.15, -0.1) is 0 Å². The molecule has 7 nitrogen and oxygen atoms in total. The Hall–Kier alpha value is -2.83. The molecule has 0 fully saturated rings. The first-order valence-electron chi connectivity index (χ1n) is 7.90. The van der Waals surface area contributed by atoms with Crippen LogP contribution in [-0.2, 0) is 4.79 Å². The third kappa shape index (κ3) is 3.92. The van der Waals surface area contributed by atoms with Gasteiger partial charge in [0.15, 0.2) is 5.69 Å². The van der Waals surface area contributed by atoms with Crippen LogP contribution in [0.3, 0.4) is 0 Å². The maximum Gasteiger partial charge on any atom is 0.328 e. The molecule has 0 bridgehead atoms. The number of carboxylic acid groups (broad SMARTS) is 1. The van der Waals surface area contributed by atoms with E-state index < -0.39 is 12.0 Å². The molecule has 0 spiro atoms. The average molecular weight is 330 g/mol. The number of amides is 1. The smallest absolute Gasteiger partial charge is 0.328 e. The van der Waals surface area contributed by atoms with E-state index in [1.165, 1.54) is 23.9 Å². The van der Waals surface area contributed by atoms with Gasteiger partial charge < -0.3 is 15.3 Å². The lowest BCUT2D eigenvalue weighted by Gasteiger charge is -2.21. The lowest BCUT2D eigenvalue weighted by molar-refractivity contribution is -0.140. The van der Waals surface area contributed by atoms with Gasteiger partial charge in [0, 0.05) is 30.7 Å². The van der Waals surface area contributed by atoms with E-state index in [1.807, 2.05) is 24.3 Å². The Balaban J connectivity index is 2.06. The third-order valence-corrected chi connectivity index (χ3v) is 3.85. The van der Waals surface area contributed by atoms with Crippen LogP contribution in [0.1, 0.15) is 37.3 Å². The first-order valence-corrected chi connectivity index (χ1v) is 7.90. The molecule has 2 rings (SSSR count). The summed E-state index contributed by atoms with van der Waals surface area (Å²) in [4.78, 5) is 25.4. The molecule has 0 aliphatic heterocycles. The minimum absolute atomic E-state index is 0.177. The van der Waals surface area contributed by atoms with Gasteiger partial charge in [-0.25, -0.2) is 4.79 Å². The monoisotopic (exact) mass is 330 g/mol. The predicted molar refractivity (Wildman–Crippen MR) is 92.5 cm³/mol. The summed E-state index contributed by atoms with van der Waals surface area (Å²) in [6, 6.07) is 8.26. The highest BCUT2D eigenvalue weighted by Crippen LogP contribution is 2.18. The van der Waals surface area contributed by atoms with E-state index in [4.69, 9.17) is 5.11 Å². The fraction of sp³-hybridized carbons (Fsp3) is 0.353. The first-order chi connectivity index (χ1) is 11.5. The van der Waals surface area contributed by atoms with Crippen LogP contribution >= 0.6 is 0 Å². The van der Waals surface area contributed by atoms with Crippen molar-refractivity contribution in [3.8, 4) is 0 Å². The van der Waals surface area contributed by atoms with E-state index in [0.29, 0.717) is 5.69 Å². The van der Waals surface area contributed by atoms with E-state index in [1.54, 1.807) is 0 Å². The highest BCUT2D eigenvalue weighted by molar-refractivity contribution is 6.02. The van der Waals surface area contributed by atoms with Crippen LogP contribution in [0.15, 0.2) is 36.5 Å². The minimum atomic E-state index is -1.00. The number of carboxylic acids is 1. The third-order valence-electron chi connectivity index (χ3n) is 3.85. The molecule has 128 valence electrons. The van der Waals surface area contributed by atoms with Crippen molar-refractivity contribution in [2.45, 2.75) is 26.8 Å². The number of aliphatic carboxylic acids is 1. The second-order valence-corrected chi connectivity index (χ2v) is 5.37. The molecule has 0 aliphatic carbocycles. The Morgan fingerprint density at radius 1 is 1.21 bits per heavy atom. The maximum atomic E-state index is 12.2. The molecule has 24 heavy (non-hydrogen) atoms. The molecule has 1 unspecified atom stereocenters. The highest BCUT2D eigenvalue weighted by atomic mass is 16.4. The zero-order valence-electron chi connectivity index (χ0n) is 14.1. The normalized spacial score (nSPS) is 11.8. The topological polar surface area (TPSA) is 87.5 Å². The van der Waals surface area contributed by atoms with E-state index >= 15 is 0 Å². The Bertz CT molecular complexity index is 705. The predicted octanol–water partition coefficient (Wildman–Crippen LogP) is 2.63. The quantitative estimate of drug-likeness (QED) is 0.815. The molecule has 1 heterocycles. The molecular formula is C17H22N4O3. The Labute approximate surface area is 140 Å². The molecule has 7 heteroatoms. The Kier molecular flexibility index (Phi) is 5.57. The summed E-state index contributed by atoms with van der Waals surface area (Å²) in [6.07, 6.45) is 1.48. The van der Waals surface area contributed by atoms with Gasteiger partial charge in [0.1, 0.15) is 6.04 Å². The number of rotatable bonds is 7. The molecular weight excluding hydrogens is 308 g/mol. The van der Waals surface area contributed by atoms with Gasteiger partial charge in [-0.1, -0.05) is 0 Å². The largest absolute Gasteiger partial charge is 0.480 e. The number of carbonyl (C=O) groups is 2. The van der Waals surface area contributed by atoms with E-state index in [0.717, 1.165) is 18.8 Å². The minimum Gasteiger partial charge on any atom is -0.480 e. The number of nitrogens with one attached hydrogen (secondary N) is 1. The molecule has 0 saturated heterocycles. The van der Waals surface area contributed by atoms with Crippen LogP contribution in [-0.4, -0.2) is 39.9 Å². The molecule has 1 atom stereocenters. The van der Waals surface area contributed by atoms with Gasteiger partial charge >= 0.3 is 5.97 Å². The van der Waals surface area contributed by atoms with Crippen molar-refractivity contribution in [2.24, 2.45) is 0 Å². The van der Waals surface area contributed by atoms with Crippen LogP contribution in [0.25, 0.3) is 0 Å². The summed E-state index contributed by atoms with van der Waals surface area (Å²) in [5.74, 6) is -1.38. The lowest BCUT2D eigenvalue weighted by Crippen LogP contribution is -2.21. The molecule has 2 N–H and O–H groups in total. The summed E-state index contributed by atoms with van der Waals surface area (Å²) in [6.45, 7) is 7.52. The lowest BCUT2D eigenvalue weighted by atomic mass is 10.2. The zero-order valence-corrected chi connectivity index (χ0v) is 14.1.